The first-order chi connectivity index (χ1) is 6.68. The first-order valence-electron chi connectivity index (χ1n) is 4.10. The first kappa shape index (κ1) is 9.02. The lowest BCUT2D eigenvalue weighted by Gasteiger charge is -2.02. The number of nitrogens with two attached hydrogens (primary N) is 1. The Morgan fingerprint density at radius 3 is 2.79 bits per heavy atom. The van der Waals surface area contributed by atoms with Crippen LogP contribution in [-0.4, -0.2) is 15.0 Å². The van der Waals surface area contributed by atoms with Gasteiger partial charge in [-0.15, -0.1) is 0 Å². The van der Waals surface area contributed by atoms with E-state index in [0.29, 0.717) is 16.7 Å². The summed E-state index contributed by atoms with van der Waals surface area (Å²) >= 11 is 5.91. The number of pyridine rings is 1. The molecule has 0 aliphatic heterocycles. The summed E-state index contributed by atoms with van der Waals surface area (Å²) in [5.74, 6) is 0.498. The Bertz CT molecular complexity index is 464. The molecule has 0 fully saturated rings. The molecular weight excluding hydrogens is 200 g/mol. The number of hydrogen-bond acceptors (Lipinski definition) is 3. The number of aryl methyl sites for hydroxylation is 1. The number of nitrogens with one attached hydrogen (secondary N) is 1. The number of anilines is 1. The molecule has 0 bridgehead atoms. The Hall–Kier alpha value is -1.55. The minimum atomic E-state index is 0.498. The quantitative estimate of drug-likeness (QED) is 0.754. The number of H-pyrrole nitrogens is 1. The van der Waals surface area contributed by atoms with E-state index in [1.54, 1.807) is 18.6 Å². The van der Waals surface area contributed by atoms with Gasteiger partial charge < -0.3 is 10.7 Å². The molecule has 4 nitrogen and oxygen atoms in total. The zero-order valence-electron chi connectivity index (χ0n) is 7.58. The minimum Gasteiger partial charge on any atom is -0.384 e. The van der Waals surface area contributed by atoms with Gasteiger partial charge in [0.05, 0.1) is 6.33 Å². The molecule has 0 aliphatic rings. The lowest BCUT2D eigenvalue weighted by Crippen LogP contribution is -1.93. The average Bonchev–Trinajstić information content (AvgIpc) is 2.52. The van der Waals surface area contributed by atoms with Gasteiger partial charge in [-0.2, -0.15) is 0 Å². The van der Waals surface area contributed by atoms with E-state index in [2.05, 4.69) is 15.0 Å². The fourth-order valence-electron chi connectivity index (χ4n) is 1.29. The van der Waals surface area contributed by atoms with Gasteiger partial charge in [-0.3, -0.25) is 0 Å². The van der Waals surface area contributed by atoms with E-state index in [4.69, 9.17) is 17.3 Å². The van der Waals surface area contributed by atoms with Crippen LogP contribution in [0, 0.1) is 6.92 Å². The molecule has 0 unspecified atom stereocenters. The SMILES string of the molecule is Cc1cc(N)ncc1-c1nc[nH]c1Cl. The van der Waals surface area contributed by atoms with Crippen LogP contribution in [0.1, 0.15) is 5.56 Å². The van der Waals surface area contributed by atoms with Crippen molar-refractivity contribution in [3.05, 3.63) is 29.3 Å². The summed E-state index contributed by atoms with van der Waals surface area (Å²) in [5, 5.41) is 0.514. The van der Waals surface area contributed by atoms with Gasteiger partial charge >= 0.3 is 0 Å². The highest BCUT2D eigenvalue weighted by Gasteiger charge is 2.09. The van der Waals surface area contributed by atoms with Crippen LogP contribution in [0.15, 0.2) is 18.6 Å². The Balaban J connectivity index is 2.58. The number of imidazole rings is 1. The van der Waals surface area contributed by atoms with E-state index in [1.807, 2.05) is 6.92 Å². The maximum atomic E-state index is 5.91. The second-order valence-corrected chi connectivity index (χ2v) is 3.37. The second-order valence-electron chi connectivity index (χ2n) is 2.99. The van der Waals surface area contributed by atoms with Gasteiger partial charge in [-0.05, 0) is 18.6 Å². The van der Waals surface area contributed by atoms with E-state index in [9.17, 15) is 0 Å². The third-order valence-corrected chi connectivity index (χ3v) is 2.27. The molecule has 72 valence electrons. The highest BCUT2D eigenvalue weighted by Crippen LogP contribution is 2.26. The van der Waals surface area contributed by atoms with Crippen molar-refractivity contribution in [1.29, 1.82) is 0 Å². The molecule has 0 aromatic carbocycles. The first-order valence-corrected chi connectivity index (χ1v) is 4.47. The molecule has 0 aliphatic carbocycles. The van der Waals surface area contributed by atoms with E-state index in [-0.39, 0.29) is 0 Å². The smallest absolute Gasteiger partial charge is 0.134 e. The highest BCUT2D eigenvalue weighted by molar-refractivity contribution is 6.31. The largest absolute Gasteiger partial charge is 0.384 e. The Kier molecular flexibility index (Phi) is 2.13. The van der Waals surface area contributed by atoms with Crippen molar-refractivity contribution in [2.24, 2.45) is 0 Å². The van der Waals surface area contributed by atoms with E-state index in [1.165, 1.54) is 0 Å². The summed E-state index contributed by atoms with van der Waals surface area (Å²) in [7, 11) is 0. The van der Waals surface area contributed by atoms with Gasteiger partial charge in [-0.25, -0.2) is 9.97 Å². The number of nitrogens with zero attached hydrogens (tertiary/aromatic N) is 2. The summed E-state index contributed by atoms with van der Waals surface area (Å²) in [4.78, 5) is 10.9. The van der Waals surface area contributed by atoms with Crippen LogP contribution >= 0.6 is 11.6 Å². The monoisotopic (exact) mass is 208 g/mol. The van der Waals surface area contributed by atoms with Crippen molar-refractivity contribution in [1.82, 2.24) is 15.0 Å². The predicted octanol–water partition coefficient (Wildman–Crippen LogP) is 2.02. The van der Waals surface area contributed by atoms with E-state index < -0.39 is 0 Å². The summed E-state index contributed by atoms with van der Waals surface area (Å²) in [6.07, 6.45) is 3.22. The second kappa shape index (κ2) is 3.31. The predicted molar refractivity (Wildman–Crippen MR) is 56.0 cm³/mol. The van der Waals surface area contributed by atoms with Crippen molar-refractivity contribution >= 4 is 17.4 Å². The molecule has 0 saturated carbocycles. The van der Waals surface area contributed by atoms with Crippen molar-refractivity contribution in [2.75, 3.05) is 5.73 Å². The van der Waals surface area contributed by atoms with E-state index >= 15 is 0 Å². The third-order valence-electron chi connectivity index (χ3n) is 1.98. The number of hydrogen-bond donors (Lipinski definition) is 2. The van der Waals surface area contributed by atoms with Crippen molar-refractivity contribution in [3.63, 3.8) is 0 Å². The molecule has 0 radical (unpaired) electrons. The molecule has 2 aromatic rings. The molecule has 14 heavy (non-hydrogen) atoms. The number of nitrogen functional groups attached to an aromatic ring is 1. The fraction of sp³-hybridized carbons (Fsp3) is 0.111. The Morgan fingerprint density at radius 2 is 2.21 bits per heavy atom. The van der Waals surface area contributed by atoms with Gasteiger partial charge in [0, 0.05) is 11.8 Å². The average molecular weight is 209 g/mol. The lowest BCUT2D eigenvalue weighted by atomic mass is 10.1. The van der Waals surface area contributed by atoms with Gasteiger partial charge in [-0.1, -0.05) is 11.6 Å². The van der Waals surface area contributed by atoms with Crippen molar-refractivity contribution < 1.29 is 0 Å². The Labute approximate surface area is 86.1 Å². The molecule has 0 spiro atoms. The maximum absolute atomic E-state index is 5.91. The topological polar surface area (TPSA) is 67.6 Å². The summed E-state index contributed by atoms with van der Waals surface area (Å²) in [6.45, 7) is 1.94. The number of halogens is 1. The molecule has 0 atom stereocenters. The molecule has 2 heterocycles. The molecule has 3 N–H and O–H groups in total. The van der Waals surface area contributed by atoms with Crippen LogP contribution in [0.2, 0.25) is 5.15 Å². The lowest BCUT2D eigenvalue weighted by molar-refractivity contribution is 1.27. The van der Waals surface area contributed by atoms with Gasteiger partial charge in [0.1, 0.15) is 16.7 Å². The fourth-order valence-corrected chi connectivity index (χ4v) is 1.49. The van der Waals surface area contributed by atoms with Crippen LogP contribution in [0.25, 0.3) is 11.3 Å². The molecule has 2 aromatic heterocycles. The van der Waals surface area contributed by atoms with Crippen LogP contribution < -0.4 is 5.73 Å². The summed E-state index contributed by atoms with van der Waals surface area (Å²) in [6, 6.07) is 1.79. The number of aromatic amines is 1. The van der Waals surface area contributed by atoms with Crippen LogP contribution in [0.5, 0.6) is 0 Å². The normalized spacial score (nSPS) is 10.4. The number of rotatable bonds is 1. The zero-order valence-corrected chi connectivity index (χ0v) is 8.34. The molecule has 0 amide bonds. The molecule has 0 saturated heterocycles. The van der Waals surface area contributed by atoms with Crippen LogP contribution in [0.4, 0.5) is 5.82 Å². The minimum absolute atomic E-state index is 0.498. The van der Waals surface area contributed by atoms with Gasteiger partial charge in [0.15, 0.2) is 0 Å². The molecular formula is C9H9ClN4. The zero-order chi connectivity index (χ0) is 10.1. The van der Waals surface area contributed by atoms with Gasteiger partial charge in [0.2, 0.25) is 0 Å². The molecule has 2 rings (SSSR count). The van der Waals surface area contributed by atoms with Crippen LogP contribution in [0.3, 0.4) is 0 Å². The standard InChI is InChI=1S/C9H9ClN4/c1-5-2-7(11)12-3-6(5)8-9(10)14-4-13-8/h2-4H,1H3,(H2,11,12)(H,13,14). The summed E-state index contributed by atoms with van der Waals surface area (Å²) in [5.41, 5.74) is 8.15. The van der Waals surface area contributed by atoms with Gasteiger partial charge in [0.25, 0.3) is 0 Å². The van der Waals surface area contributed by atoms with Crippen molar-refractivity contribution in [3.8, 4) is 11.3 Å². The van der Waals surface area contributed by atoms with Crippen LogP contribution in [-0.2, 0) is 0 Å². The Morgan fingerprint density at radius 1 is 1.43 bits per heavy atom. The highest BCUT2D eigenvalue weighted by atomic mass is 35.5. The summed E-state index contributed by atoms with van der Waals surface area (Å²) < 4.78 is 0. The maximum Gasteiger partial charge on any atom is 0.134 e. The van der Waals surface area contributed by atoms with Crippen molar-refractivity contribution in [2.45, 2.75) is 6.92 Å². The van der Waals surface area contributed by atoms with E-state index in [0.717, 1.165) is 11.1 Å². The molecule has 5 heteroatoms. The number of aromatic nitrogens is 3. The third kappa shape index (κ3) is 1.44.